The van der Waals surface area contributed by atoms with Gasteiger partial charge in [0.15, 0.2) is 0 Å². The topological polar surface area (TPSA) is 3.24 Å². The van der Waals surface area contributed by atoms with Crippen LogP contribution in [0.3, 0.4) is 0 Å². The lowest BCUT2D eigenvalue weighted by Gasteiger charge is -2.70. The number of likely N-dealkylation sites (N-methyl/N-ethyl adjacent to an activating group) is 1. The first-order valence-electron chi connectivity index (χ1n) is 8.44. The van der Waals surface area contributed by atoms with Crippen LogP contribution in [0, 0.1) is 10.8 Å². The van der Waals surface area contributed by atoms with Crippen LogP contribution in [0.15, 0.2) is 11.1 Å². The molecule has 0 aromatic heterocycles. The molecule has 114 valence electrons. The average Bonchev–Trinajstić information content (AvgIpc) is 2.32. The third-order valence-corrected chi connectivity index (χ3v) is 6.50. The molecular weight excluding hydrogens is 266 g/mol. The highest BCUT2D eigenvalue weighted by Gasteiger charge is 2.68. The summed E-state index contributed by atoms with van der Waals surface area (Å²) in [6, 6.07) is 0. The molecule has 4 rings (SSSR count). The maximum absolute atomic E-state index is 6.53. The molecule has 0 heterocycles. The van der Waals surface area contributed by atoms with Gasteiger partial charge in [-0.25, -0.2) is 0 Å². The molecule has 0 atom stereocenters. The molecule has 20 heavy (non-hydrogen) atoms. The Balaban J connectivity index is 1.83. The summed E-state index contributed by atoms with van der Waals surface area (Å²) in [5, 5.41) is 0. The Labute approximate surface area is 129 Å². The zero-order valence-corrected chi connectivity index (χ0v) is 14.4. The molecular formula is C18H30ClN. The number of allylic oxidation sites excluding steroid dienone is 1. The van der Waals surface area contributed by atoms with E-state index >= 15 is 0 Å². The van der Waals surface area contributed by atoms with Crippen molar-refractivity contribution in [3.8, 4) is 0 Å². The molecule has 0 aromatic carbocycles. The fraction of sp³-hybridized carbons (Fsp3) is 0.889. The van der Waals surface area contributed by atoms with Crippen molar-refractivity contribution >= 4 is 11.6 Å². The molecule has 0 spiro atoms. The second kappa shape index (κ2) is 4.74. The Bertz CT molecular complexity index is 411. The van der Waals surface area contributed by atoms with Crippen LogP contribution in [0.2, 0.25) is 0 Å². The standard InChI is InChI=1S/C18H30ClN/c1-5-20(6-2)10-14-7-8-16(3,4)9-15(14)17-11-18(19,12-17)13-17/h5-13H2,1-4H3. The van der Waals surface area contributed by atoms with Gasteiger partial charge in [0.2, 0.25) is 0 Å². The van der Waals surface area contributed by atoms with Crippen LogP contribution in [-0.2, 0) is 0 Å². The van der Waals surface area contributed by atoms with Gasteiger partial charge in [-0.3, -0.25) is 4.90 Å². The third kappa shape index (κ3) is 2.35. The number of rotatable bonds is 5. The first kappa shape index (κ1) is 14.9. The van der Waals surface area contributed by atoms with Crippen LogP contribution < -0.4 is 0 Å². The summed E-state index contributed by atoms with van der Waals surface area (Å²) < 4.78 is 0. The van der Waals surface area contributed by atoms with Crippen molar-refractivity contribution < 1.29 is 0 Å². The predicted octanol–water partition coefficient (Wildman–Crippen LogP) is 5.00. The maximum atomic E-state index is 6.53. The Kier molecular flexibility index (Phi) is 3.54. The number of hydrogen-bond acceptors (Lipinski definition) is 1. The van der Waals surface area contributed by atoms with Crippen molar-refractivity contribution in [3.05, 3.63) is 11.1 Å². The van der Waals surface area contributed by atoms with Crippen LogP contribution >= 0.6 is 11.6 Å². The Hall–Kier alpha value is -0.0100. The van der Waals surface area contributed by atoms with Crippen molar-refractivity contribution in [1.29, 1.82) is 0 Å². The summed E-state index contributed by atoms with van der Waals surface area (Å²) in [4.78, 5) is 2.78. The van der Waals surface area contributed by atoms with Gasteiger partial charge in [0.05, 0.1) is 0 Å². The molecule has 1 nitrogen and oxygen atoms in total. The maximum Gasteiger partial charge on any atom is 0.0472 e. The van der Waals surface area contributed by atoms with Crippen molar-refractivity contribution in [2.45, 2.75) is 71.1 Å². The van der Waals surface area contributed by atoms with Crippen LogP contribution in [0.25, 0.3) is 0 Å². The number of halogens is 1. The Morgan fingerprint density at radius 1 is 1.10 bits per heavy atom. The molecule has 2 bridgehead atoms. The monoisotopic (exact) mass is 295 g/mol. The van der Waals surface area contributed by atoms with Gasteiger partial charge < -0.3 is 0 Å². The molecule has 0 saturated heterocycles. The third-order valence-electron chi connectivity index (χ3n) is 6.10. The van der Waals surface area contributed by atoms with Crippen molar-refractivity contribution in [3.63, 3.8) is 0 Å². The zero-order valence-electron chi connectivity index (χ0n) is 13.7. The van der Waals surface area contributed by atoms with E-state index in [1.807, 2.05) is 5.57 Å². The van der Waals surface area contributed by atoms with Gasteiger partial charge in [0.25, 0.3) is 0 Å². The van der Waals surface area contributed by atoms with E-state index < -0.39 is 0 Å². The van der Waals surface area contributed by atoms with E-state index in [1.54, 1.807) is 5.57 Å². The summed E-state index contributed by atoms with van der Waals surface area (Å²) in [7, 11) is 0. The van der Waals surface area contributed by atoms with Crippen molar-refractivity contribution in [1.82, 2.24) is 4.90 Å². The van der Waals surface area contributed by atoms with E-state index in [1.165, 1.54) is 58.2 Å². The van der Waals surface area contributed by atoms with Crippen LogP contribution in [0.5, 0.6) is 0 Å². The second-order valence-corrected chi connectivity index (χ2v) is 9.15. The summed E-state index contributed by atoms with van der Waals surface area (Å²) in [5.41, 5.74) is 4.62. The first-order valence-corrected chi connectivity index (χ1v) is 8.82. The van der Waals surface area contributed by atoms with E-state index in [-0.39, 0.29) is 4.87 Å². The molecule has 2 heteroatoms. The van der Waals surface area contributed by atoms with Crippen molar-refractivity contribution in [2.75, 3.05) is 19.6 Å². The molecule has 4 aliphatic carbocycles. The first-order chi connectivity index (χ1) is 9.31. The molecule has 0 radical (unpaired) electrons. The highest BCUT2D eigenvalue weighted by molar-refractivity contribution is 6.26. The molecule has 0 aromatic rings. The van der Waals surface area contributed by atoms with E-state index in [9.17, 15) is 0 Å². The number of hydrogen-bond donors (Lipinski definition) is 0. The van der Waals surface area contributed by atoms with Gasteiger partial charge in [-0.15, -0.1) is 11.6 Å². The largest absolute Gasteiger partial charge is 0.300 e. The second-order valence-electron chi connectivity index (χ2n) is 8.35. The van der Waals surface area contributed by atoms with Gasteiger partial charge in [0.1, 0.15) is 0 Å². The van der Waals surface area contributed by atoms with Gasteiger partial charge in [0, 0.05) is 11.4 Å². The SMILES string of the molecule is CCN(CC)CC1=C(C23CC(Cl)(C2)C3)CC(C)(C)CC1. The minimum absolute atomic E-state index is 0.203. The van der Waals surface area contributed by atoms with Crippen LogP contribution in [-0.4, -0.2) is 29.4 Å². The molecule has 3 fully saturated rings. The lowest BCUT2D eigenvalue weighted by molar-refractivity contribution is -0.0535. The summed E-state index contributed by atoms with van der Waals surface area (Å²) >= 11 is 6.53. The fourth-order valence-corrected chi connectivity index (χ4v) is 5.54. The minimum atomic E-state index is 0.203. The molecule has 3 saturated carbocycles. The van der Waals surface area contributed by atoms with Crippen molar-refractivity contribution in [2.24, 2.45) is 10.8 Å². The smallest absolute Gasteiger partial charge is 0.0472 e. The van der Waals surface area contributed by atoms with Gasteiger partial charge >= 0.3 is 0 Å². The lowest BCUT2D eigenvalue weighted by atomic mass is 9.39. The fourth-order valence-electron chi connectivity index (χ4n) is 4.77. The van der Waals surface area contributed by atoms with Crippen LogP contribution in [0.1, 0.15) is 66.2 Å². The van der Waals surface area contributed by atoms with Gasteiger partial charge in [-0.05, 0) is 62.4 Å². The van der Waals surface area contributed by atoms with Gasteiger partial charge in [-0.1, -0.05) is 38.8 Å². The molecule has 4 aliphatic rings. The van der Waals surface area contributed by atoms with Gasteiger partial charge in [-0.2, -0.15) is 0 Å². The highest BCUT2D eigenvalue weighted by atomic mass is 35.5. The normalized spacial score (nSPS) is 38.7. The highest BCUT2D eigenvalue weighted by Crippen LogP contribution is 2.75. The Morgan fingerprint density at radius 2 is 1.70 bits per heavy atom. The Morgan fingerprint density at radius 3 is 2.20 bits per heavy atom. The number of nitrogens with zero attached hydrogens (tertiary/aromatic N) is 1. The van der Waals surface area contributed by atoms with E-state index in [2.05, 4.69) is 32.6 Å². The molecule has 0 amide bonds. The predicted molar refractivity (Wildman–Crippen MR) is 87.3 cm³/mol. The average molecular weight is 296 g/mol. The summed E-state index contributed by atoms with van der Waals surface area (Å²) in [6.07, 6.45) is 7.76. The number of alkyl halides is 1. The summed E-state index contributed by atoms with van der Waals surface area (Å²) in [6.45, 7) is 13.0. The molecule has 0 N–H and O–H groups in total. The minimum Gasteiger partial charge on any atom is -0.300 e. The van der Waals surface area contributed by atoms with E-state index in [0.717, 1.165) is 0 Å². The van der Waals surface area contributed by atoms with E-state index in [4.69, 9.17) is 11.6 Å². The summed E-state index contributed by atoms with van der Waals surface area (Å²) in [5.74, 6) is 0. The molecule has 0 aliphatic heterocycles. The molecule has 0 unspecified atom stereocenters. The lowest BCUT2D eigenvalue weighted by Crippen LogP contribution is -2.65. The van der Waals surface area contributed by atoms with E-state index in [0.29, 0.717) is 10.8 Å². The zero-order chi connectivity index (χ0) is 14.6. The van der Waals surface area contributed by atoms with Crippen LogP contribution in [0.4, 0.5) is 0 Å². The quantitative estimate of drug-likeness (QED) is 0.510.